The maximum absolute atomic E-state index is 12.7. The number of rotatable bonds is 45. The van der Waals surface area contributed by atoms with Crippen molar-refractivity contribution in [3.8, 4) is 0 Å². The molecular formula is C54H95NO8P+. The summed E-state index contributed by atoms with van der Waals surface area (Å²) in [5, 5.41) is 0. The second-order valence-electron chi connectivity index (χ2n) is 17.8. The average Bonchev–Trinajstić information content (AvgIpc) is 3.25. The van der Waals surface area contributed by atoms with Crippen molar-refractivity contribution in [2.75, 3.05) is 47.5 Å². The maximum Gasteiger partial charge on any atom is 0.472 e. The number of carbonyl (C=O) groups excluding carboxylic acids is 2. The summed E-state index contributed by atoms with van der Waals surface area (Å²) in [4.78, 5) is 35.5. The van der Waals surface area contributed by atoms with Gasteiger partial charge in [0, 0.05) is 12.8 Å². The molecule has 9 nitrogen and oxygen atoms in total. The van der Waals surface area contributed by atoms with Crippen molar-refractivity contribution in [3.05, 3.63) is 85.1 Å². The van der Waals surface area contributed by atoms with Crippen LogP contribution in [0.25, 0.3) is 0 Å². The van der Waals surface area contributed by atoms with E-state index in [1.807, 2.05) is 21.1 Å². The van der Waals surface area contributed by atoms with Gasteiger partial charge in [0.05, 0.1) is 27.7 Å². The van der Waals surface area contributed by atoms with E-state index < -0.39 is 26.5 Å². The number of allylic oxidation sites excluding steroid dienone is 14. The zero-order valence-electron chi connectivity index (χ0n) is 41.5. The number of phosphoric acid groups is 1. The Hall–Kier alpha value is -2.81. The third kappa shape index (κ3) is 48.6. The van der Waals surface area contributed by atoms with E-state index in [0.29, 0.717) is 17.4 Å². The molecule has 0 aliphatic rings. The molecule has 0 bridgehead atoms. The molecular weight excluding hydrogens is 822 g/mol. The first kappa shape index (κ1) is 61.2. The number of nitrogens with zero attached hydrogens (tertiary/aromatic N) is 1. The van der Waals surface area contributed by atoms with Crippen LogP contribution in [0.15, 0.2) is 85.1 Å². The molecule has 0 aromatic heterocycles. The molecule has 0 aromatic carbocycles. The molecule has 0 spiro atoms. The Morgan fingerprint density at radius 1 is 0.500 bits per heavy atom. The average molecular weight is 917 g/mol. The molecule has 368 valence electrons. The topological polar surface area (TPSA) is 108 Å². The fourth-order valence-corrected chi connectivity index (χ4v) is 7.22. The summed E-state index contributed by atoms with van der Waals surface area (Å²) in [7, 11) is 1.44. The van der Waals surface area contributed by atoms with Crippen molar-refractivity contribution in [1.29, 1.82) is 0 Å². The van der Waals surface area contributed by atoms with Crippen molar-refractivity contribution in [2.45, 2.75) is 200 Å². The lowest BCUT2D eigenvalue weighted by Crippen LogP contribution is -2.37. The Morgan fingerprint density at radius 3 is 1.33 bits per heavy atom. The Balaban J connectivity index is 4.32. The Bertz CT molecular complexity index is 1360. The zero-order chi connectivity index (χ0) is 47.1. The quantitative estimate of drug-likeness (QED) is 0.0212. The number of unbranched alkanes of at least 4 members (excludes halogenated alkanes) is 17. The molecule has 10 heteroatoms. The van der Waals surface area contributed by atoms with Gasteiger partial charge in [-0.15, -0.1) is 0 Å². The molecule has 0 rings (SSSR count). The van der Waals surface area contributed by atoms with Gasteiger partial charge in [-0.1, -0.05) is 176 Å². The minimum Gasteiger partial charge on any atom is -0.462 e. The second kappa shape index (κ2) is 45.4. The van der Waals surface area contributed by atoms with Crippen LogP contribution in [0.5, 0.6) is 0 Å². The van der Waals surface area contributed by atoms with Crippen LogP contribution >= 0.6 is 7.82 Å². The summed E-state index contributed by atoms with van der Waals surface area (Å²) in [6.45, 7) is 4.25. The lowest BCUT2D eigenvalue weighted by atomic mass is 10.1. The first-order chi connectivity index (χ1) is 31.0. The summed E-state index contributed by atoms with van der Waals surface area (Å²) in [6, 6.07) is 0. The van der Waals surface area contributed by atoms with Crippen molar-refractivity contribution >= 4 is 19.8 Å². The van der Waals surface area contributed by atoms with Crippen molar-refractivity contribution < 1.29 is 42.1 Å². The van der Waals surface area contributed by atoms with E-state index in [4.69, 9.17) is 18.5 Å². The standard InChI is InChI=1S/C54H94NO8P/c1-6-8-10-12-14-16-18-20-22-24-25-26-27-28-29-31-32-34-36-38-40-42-44-46-53(56)60-50-52(51-62-64(58,59)61-49-48-55(3,4)5)63-54(57)47-45-43-41-39-37-35-33-30-23-21-19-17-15-13-11-9-7-2/h9,11,15,17-18,20-21,23-25,27-28,33,35,52H,6-8,10,12-14,16,19,22,26,29-32,34,36-51H2,1-5H3/p+1/b11-9-,17-15-,20-18-,23-21-,25-24-,28-27-,35-33-. The Morgan fingerprint density at radius 2 is 0.891 bits per heavy atom. The van der Waals surface area contributed by atoms with Crippen LogP contribution in [0.1, 0.15) is 194 Å². The predicted molar refractivity (Wildman–Crippen MR) is 270 cm³/mol. The van der Waals surface area contributed by atoms with Crippen LogP contribution in [-0.2, 0) is 32.7 Å². The first-order valence-electron chi connectivity index (χ1n) is 25.3. The van der Waals surface area contributed by atoms with E-state index in [0.717, 1.165) is 96.3 Å². The molecule has 0 saturated heterocycles. The minimum atomic E-state index is -4.39. The van der Waals surface area contributed by atoms with Gasteiger partial charge in [0.25, 0.3) is 0 Å². The highest BCUT2D eigenvalue weighted by molar-refractivity contribution is 7.47. The minimum absolute atomic E-state index is 0.0207. The van der Waals surface area contributed by atoms with E-state index in [9.17, 15) is 19.0 Å². The molecule has 2 atom stereocenters. The summed E-state index contributed by atoms with van der Waals surface area (Å²) in [5.74, 6) is -0.839. The molecule has 0 fully saturated rings. The molecule has 0 aromatic rings. The van der Waals surface area contributed by atoms with Gasteiger partial charge in [-0.2, -0.15) is 0 Å². The molecule has 0 radical (unpaired) electrons. The molecule has 2 unspecified atom stereocenters. The van der Waals surface area contributed by atoms with Crippen LogP contribution < -0.4 is 0 Å². The van der Waals surface area contributed by atoms with E-state index in [1.54, 1.807) is 0 Å². The lowest BCUT2D eigenvalue weighted by molar-refractivity contribution is -0.870. The molecule has 0 saturated carbocycles. The highest BCUT2D eigenvalue weighted by Gasteiger charge is 2.27. The summed E-state index contributed by atoms with van der Waals surface area (Å²) < 4.78 is 34.4. The van der Waals surface area contributed by atoms with Crippen molar-refractivity contribution in [2.24, 2.45) is 0 Å². The van der Waals surface area contributed by atoms with E-state index in [1.165, 1.54) is 64.2 Å². The molecule has 1 N–H and O–H groups in total. The van der Waals surface area contributed by atoms with Gasteiger partial charge >= 0.3 is 19.8 Å². The monoisotopic (exact) mass is 917 g/mol. The lowest BCUT2D eigenvalue weighted by Gasteiger charge is -2.24. The van der Waals surface area contributed by atoms with Crippen molar-refractivity contribution in [3.63, 3.8) is 0 Å². The summed E-state index contributed by atoms with van der Waals surface area (Å²) in [5.41, 5.74) is 0. The molecule has 0 aliphatic carbocycles. The van der Waals surface area contributed by atoms with E-state index in [-0.39, 0.29) is 32.0 Å². The van der Waals surface area contributed by atoms with Gasteiger partial charge in [-0.3, -0.25) is 18.6 Å². The fraction of sp³-hybridized carbons (Fsp3) is 0.704. The third-order valence-electron chi connectivity index (χ3n) is 10.4. The first-order valence-corrected chi connectivity index (χ1v) is 26.8. The number of esters is 2. The van der Waals surface area contributed by atoms with Crippen LogP contribution in [0, 0.1) is 0 Å². The van der Waals surface area contributed by atoms with Crippen LogP contribution in [0.3, 0.4) is 0 Å². The molecule has 0 heterocycles. The van der Waals surface area contributed by atoms with Crippen LogP contribution in [-0.4, -0.2) is 74.9 Å². The number of quaternary nitrogens is 1. The molecule has 0 aliphatic heterocycles. The fourth-order valence-electron chi connectivity index (χ4n) is 6.48. The highest BCUT2D eigenvalue weighted by atomic mass is 31.2. The number of hydrogen-bond acceptors (Lipinski definition) is 7. The van der Waals surface area contributed by atoms with Crippen LogP contribution in [0.4, 0.5) is 0 Å². The van der Waals surface area contributed by atoms with Gasteiger partial charge in [0.2, 0.25) is 0 Å². The maximum atomic E-state index is 12.7. The molecule has 64 heavy (non-hydrogen) atoms. The van der Waals surface area contributed by atoms with Gasteiger partial charge in [-0.25, -0.2) is 4.57 Å². The second-order valence-corrected chi connectivity index (χ2v) is 19.3. The number of phosphoric ester groups is 1. The number of hydrogen-bond donors (Lipinski definition) is 1. The van der Waals surface area contributed by atoms with E-state index >= 15 is 0 Å². The zero-order valence-corrected chi connectivity index (χ0v) is 42.4. The Kier molecular flexibility index (Phi) is 43.4. The summed E-state index contributed by atoms with van der Waals surface area (Å²) in [6.07, 6.45) is 59.2. The summed E-state index contributed by atoms with van der Waals surface area (Å²) >= 11 is 0. The van der Waals surface area contributed by atoms with Crippen LogP contribution in [0.2, 0.25) is 0 Å². The third-order valence-corrected chi connectivity index (χ3v) is 11.4. The van der Waals surface area contributed by atoms with Gasteiger partial charge in [-0.05, 0) is 89.9 Å². The molecule has 0 amide bonds. The Labute approximate surface area is 392 Å². The van der Waals surface area contributed by atoms with Crippen molar-refractivity contribution in [1.82, 2.24) is 0 Å². The number of likely N-dealkylation sites (N-methyl/N-ethyl adjacent to an activating group) is 1. The number of ether oxygens (including phenoxy) is 2. The normalized spacial score (nSPS) is 14.2. The SMILES string of the molecule is CC/C=C\C/C=C\C/C=C\C/C=C\CCCCCCC(=O)OC(COC(=O)CCCCCCCCCC/C=C\C/C=C\C/C=C\CCCCCCC)COP(=O)(O)OCC[N+](C)(C)C. The van der Waals surface area contributed by atoms with Gasteiger partial charge in [0.15, 0.2) is 6.10 Å². The van der Waals surface area contributed by atoms with Gasteiger partial charge in [0.1, 0.15) is 19.8 Å². The highest BCUT2D eigenvalue weighted by Crippen LogP contribution is 2.43. The largest absolute Gasteiger partial charge is 0.472 e. The predicted octanol–water partition coefficient (Wildman–Crippen LogP) is 15.1. The number of carbonyl (C=O) groups is 2. The van der Waals surface area contributed by atoms with E-state index in [2.05, 4.69) is 98.9 Å². The van der Waals surface area contributed by atoms with Gasteiger partial charge < -0.3 is 18.9 Å². The smallest absolute Gasteiger partial charge is 0.462 e.